The number of hydrogen-bond donors (Lipinski definition) is 2. The van der Waals surface area contributed by atoms with Crippen molar-refractivity contribution >= 4 is 18.0 Å². The smallest absolute Gasteiger partial charge is 0.407 e. The second-order valence-electron chi connectivity index (χ2n) is 9.73. The number of alkyl carbamates (subject to hydrolysis) is 1. The summed E-state index contributed by atoms with van der Waals surface area (Å²) in [4.78, 5) is 38.9. The van der Waals surface area contributed by atoms with E-state index in [1.807, 2.05) is 38.1 Å². The van der Waals surface area contributed by atoms with Crippen LogP contribution in [-0.4, -0.2) is 53.2 Å². The van der Waals surface area contributed by atoms with Gasteiger partial charge in [0.15, 0.2) is 0 Å². The number of amides is 2. The van der Waals surface area contributed by atoms with Crippen LogP contribution >= 0.6 is 0 Å². The lowest BCUT2D eigenvalue weighted by molar-refractivity contribution is -0.153. The van der Waals surface area contributed by atoms with E-state index in [9.17, 15) is 19.5 Å². The van der Waals surface area contributed by atoms with Gasteiger partial charge in [-0.2, -0.15) is 0 Å². The van der Waals surface area contributed by atoms with Gasteiger partial charge in [-0.15, -0.1) is 0 Å². The number of benzene rings is 2. The molecule has 3 atom stereocenters. The van der Waals surface area contributed by atoms with Crippen LogP contribution in [0.4, 0.5) is 4.79 Å². The van der Waals surface area contributed by atoms with Gasteiger partial charge >= 0.3 is 12.1 Å². The second-order valence-corrected chi connectivity index (χ2v) is 9.73. The predicted molar refractivity (Wildman–Crippen MR) is 133 cm³/mol. The molecule has 1 fully saturated rings. The van der Waals surface area contributed by atoms with Crippen LogP contribution in [0.25, 0.3) is 11.1 Å². The zero-order chi connectivity index (χ0) is 24.9. The maximum Gasteiger partial charge on any atom is 0.407 e. The highest BCUT2D eigenvalue weighted by molar-refractivity contribution is 5.84. The van der Waals surface area contributed by atoms with Gasteiger partial charge in [-0.05, 0) is 47.4 Å². The van der Waals surface area contributed by atoms with E-state index < -0.39 is 24.1 Å². The monoisotopic (exact) mass is 478 g/mol. The van der Waals surface area contributed by atoms with Gasteiger partial charge in [-0.3, -0.25) is 4.79 Å². The molecule has 2 amide bonds. The Hall–Kier alpha value is -3.35. The third-order valence-electron chi connectivity index (χ3n) is 7.19. The number of carbonyl (C=O) groups excluding carboxylic acids is 2. The number of carboxylic acids is 1. The van der Waals surface area contributed by atoms with Crippen molar-refractivity contribution in [1.82, 2.24) is 10.2 Å². The van der Waals surface area contributed by atoms with Crippen LogP contribution in [0.1, 0.15) is 63.0 Å². The number of fused-ring (bicyclic) bond motifs is 3. The first kappa shape index (κ1) is 24.8. The number of hydrogen-bond acceptors (Lipinski definition) is 4. The molecule has 0 radical (unpaired) electrons. The average Bonchev–Trinajstić information content (AvgIpc) is 3.16. The number of piperidine rings is 1. The third-order valence-corrected chi connectivity index (χ3v) is 7.19. The minimum Gasteiger partial charge on any atom is -0.480 e. The molecule has 0 spiro atoms. The van der Waals surface area contributed by atoms with Gasteiger partial charge in [-0.1, -0.05) is 68.8 Å². The van der Waals surface area contributed by atoms with Gasteiger partial charge in [0, 0.05) is 24.9 Å². The van der Waals surface area contributed by atoms with E-state index in [0.29, 0.717) is 19.4 Å². The van der Waals surface area contributed by atoms with Crippen molar-refractivity contribution in [3.63, 3.8) is 0 Å². The highest BCUT2D eigenvalue weighted by atomic mass is 16.5. The summed E-state index contributed by atoms with van der Waals surface area (Å²) in [5, 5.41) is 12.4. The Balaban J connectivity index is 1.37. The number of aliphatic carboxylic acids is 1. The Morgan fingerprint density at radius 1 is 1.09 bits per heavy atom. The second kappa shape index (κ2) is 10.9. The Morgan fingerprint density at radius 3 is 2.31 bits per heavy atom. The van der Waals surface area contributed by atoms with Crippen LogP contribution in [0, 0.1) is 5.92 Å². The SMILES string of the molecule is CCC[C@H](CC(=O)N1CCC(C)CC1C(=O)O)NC(=O)OCC1c2ccccc2-c2ccccc21. The van der Waals surface area contributed by atoms with Gasteiger partial charge in [0.05, 0.1) is 0 Å². The molecule has 1 heterocycles. The van der Waals surface area contributed by atoms with Crippen molar-refractivity contribution in [2.24, 2.45) is 5.92 Å². The Labute approximate surface area is 206 Å². The van der Waals surface area contributed by atoms with Gasteiger partial charge in [-0.25, -0.2) is 9.59 Å². The highest BCUT2D eigenvalue weighted by Crippen LogP contribution is 2.44. The van der Waals surface area contributed by atoms with Gasteiger partial charge in [0.25, 0.3) is 0 Å². The van der Waals surface area contributed by atoms with Gasteiger partial charge in [0.2, 0.25) is 5.91 Å². The van der Waals surface area contributed by atoms with E-state index >= 15 is 0 Å². The van der Waals surface area contributed by atoms with Crippen LogP contribution in [0.3, 0.4) is 0 Å². The largest absolute Gasteiger partial charge is 0.480 e. The van der Waals surface area contributed by atoms with Crippen LogP contribution in [0.15, 0.2) is 48.5 Å². The molecule has 1 saturated heterocycles. The fraction of sp³-hybridized carbons (Fsp3) is 0.464. The third kappa shape index (κ3) is 5.50. The van der Waals surface area contributed by atoms with Crippen LogP contribution in [-0.2, 0) is 14.3 Å². The molecule has 186 valence electrons. The van der Waals surface area contributed by atoms with E-state index in [1.165, 1.54) is 4.90 Å². The molecule has 0 aromatic heterocycles. The summed E-state index contributed by atoms with van der Waals surface area (Å²) in [5.74, 6) is -0.972. The zero-order valence-electron chi connectivity index (χ0n) is 20.4. The van der Waals surface area contributed by atoms with E-state index in [4.69, 9.17) is 4.74 Å². The molecule has 35 heavy (non-hydrogen) atoms. The summed E-state index contributed by atoms with van der Waals surface area (Å²) in [5.41, 5.74) is 4.60. The number of ether oxygens (including phenoxy) is 1. The maximum atomic E-state index is 13.0. The van der Waals surface area contributed by atoms with Crippen molar-refractivity contribution in [2.75, 3.05) is 13.2 Å². The number of carboxylic acid groups (broad SMARTS) is 1. The first-order chi connectivity index (χ1) is 16.9. The minimum absolute atomic E-state index is 0.0360. The van der Waals surface area contributed by atoms with Gasteiger partial charge < -0.3 is 20.1 Å². The van der Waals surface area contributed by atoms with Crippen LogP contribution in [0.2, 0.25) is 0 Å². The molecule has 7 nitrogen and oxygen atoms in total. The number of nitrogens with zero attached hydrogens (tertiary/aromatic N) is 1. The number of likely N-dealkylation sites (tertiary alicyclic amines) is 1. The molecule has 0 bridgehead atoms. The zero-order valence-corrected chi connectivity index (χ0v) is 20.4. The lowest BCUT2D eigenvalue weighted by Gasteiger charge is -2.36. The molecule has 2 aliphatic rings. The molecule has 0 saturated carbocycles. The molecule has 2 aromatic rings. The van der Waals surface area contributed by atoms with E-state index in [1.54, 1.807) is 0 Å². The Bertz CT molecular complexity index is 1040. The molecule has 7 heteroatoms. The first-order valence-corrected chi connectivity index (χ1v) is 12.5. The summed E-state index contributed by atoms with van der Waals surface area (Å²) in [6, 6.07) is 15.1. The highest BCUT2D eigenvalue weighted by Gasteiger charge is 2.35. The molecule has 2 N–H and O–H groups in total. The molecule has 2 aromatic carbocycles. The predicted octanol–water partition coefficient (Wildman–Crippen LogP) is 4.80. The van der Waals surface area contributed by atoms with Crippen molar-refractivity contribution in [1.29, 1.82) is 0 Å². The summed E-state index contributed by atoms with van der Waals surface area (Å²) >= 11 is 0. The topological polar surface area (TPSA) is 95.9 Å². The summed E-state index contributed by atoms with van der Waals surface area (Å²) < 4.78 is 5.65. The summed E-state index contributed by atoms with van der Waals surface area (Å²) in [6.07, 6.45) is 2.14. The fourth-order valence-corrected chi connectivity index (χ4v) is 5.38. The molecule has 1 aliphatic carbocycles. The molecule has 2 unspecified atom stereocenters. The lowest BCUT2D eigenvalue weighted by atomic mass is 9.92. The van der Waals surface area contributed by atoms with E-state index in [0.717, 1.165) is 35.1 Å². The van der Waals surface area contributed by atoms with E-state index in [-0.39, 0.29) is 30.8 Å². The number of nitrogens with one attached hydrogen (secondary N) is 1. The molecule has 1 aliphatic heterocycles. The van der Waals surface area contributed by atoms with Crippen LogP contribution in [0.5, 0.6) is 0 Å². The maximum absolute atomic E-state index is 13.0. The minimum atomic E-state index is -0.971. The van der Waals surface area contributed by atoms with E-state index in [2.05, 4.69) is 29.6 Å². The standard InChI is InChI=1S/C28H34N2O5/c1-3-8-19(16-26(31)30-14-13-18(2)15-25(30)27(32)33)29-28(34)35-17-24-22-11-6-4-9-20(22)21-10-5-7-12-23(21)24/h4-7,9-12,18-19,24-25H,3,8,13-17H2,1-2H3,(H,29,34)(H,32,33)/t18?,19-,25?/m1/s1. The Morgan fingerprint density at radius 2 is 1.71 bits per heavy atom. The normalized spacial score (nSPS) is 20.0. The van der Waals surface area contributed by atoms with Gasteiger partial charge in [0.1, 0.15) is 12.6 Å². The van der Waals surface area contributed by atoms with Crippen molar-refractivity contribution in [2.45, 2.75) is 64.0 Å². The fourth-order valence-electron chi connectivity index (χ4n) is 5.38. The molecule has 4 rings (SSSR count). The van der Waals surface area contributed by atoms with Crippen molar-refractivity contribution < 1.29 is 24.2 Å². The quantitative estimate of drug-likeness (QED) is 0.568. The summed E-state index contributed by atoms with van der Waals surface area (Å²) in [7, 11) is 0. The molecular formula is C28H34N2O5. The number of rotatable bonds is 8. The van der Waals surface area contributed by atoms with Crippen molar-refractivity contribution in [3.05, 3.63) is 59.7 Å². The van der Waals surface area contributed by atoms with Crippen molar-refractivity contribution in [3.8, 4) is 11.1 Å². The summed E-state index contributed by atoms with van der Waals surface area (Å²) in [6.45, 7) is 4.63. The lowest BCUT2D eigenvalue weighted by Crippen LogP contribution is -2.51. The molecular weight excluding hydrogens is 444 g/mol. The first-order valence-electron chi connectivity index (χ1n) is 12.5. The Kier molecular flexibility index (Phi) is 7.73. The number of carbonyl (C=O) groups is 3. The average molecular weight is 479 g/mol. The van der Waals surface area contributed by atoms with Crippen LogP contribution < -0.4 is 5.32 Å².